The molecule has 4 nitrogen and oxygen atoms in total. The standard InChI is InChI=1S/C21H16N4/c1-15-24-20(14-21(25-15)19-8-12-23-13-9-19)18-4-2-16(3-5-18)17-6-10-22-11-7-17/h2-14H,1H3. The van der Waals surface area contributed by atoms with Gasteiger partial charge in [-0.25, -0.2) is 9.97 Å². The van der Waals surface area contributed by atoms with Crippen LogP contribution in [0.15, 0.2) is 79.4 Å². The van der Waals surface area contributed by atoms with E-state index in [2.05, 4.69) is 44.2 Å². The van der Waals surface area contributed by atoms with Gasteiger partial charge in [-0.1, -0.05) is 24.3 Å². The zero-order valence-electron chi connectivity index (χ0n) is 13.8. The van der Waals surface area contributed by atoms with E-state index < -0.39 is 0 Å². The molecule has 4 rings (SSSR count). The van der Waals surface area contributed by atoms with Gasteiger partial charge < -0.3 is 0 Å². The molecule has 120 valence electrons. The molecule has 0 saturated carbocycles. The smallest absolute Gasteiger partial charge is 0.126 e. The monoisotopic (exact) mass is 324 g/mol. The Balaban J connectivity index is 1.71. The van der Waals surface area contributed by atoms with Gasteiger partial charge in [-0.2, -0.15) is 0 Å². The largest absolute Gasteiger partial charge is 0.265 e. The van der Waals surface area contributed by atoms with Crippen LogP contribution in [0, 0.1) is 6.92 Å². The Morgan fingerprint density at radius 1 is 0.520 bits per heavy atom. The molecule has 0 fully saturated rings. The normalized spacial score (nSPS) is 10.6. The summed E-state index contributed by atoms with van der Waals surface area (Å²) >= 11 is 0. The Morgan fingerprint density at radius 3 is 1.48 bits per heavy atom. The Hall–Kier alpha value is -3.40. The number of aromatic nitrogens is 4. The Labute approximate surface area is 146 Å². The first-order valence-electron chi connectivity index (χ1n) is 8.06. The minimum atomic E-state index is 0.752. The molecule has 3 heterocycles. The molecule has 0 aliphatic rings. The topological polar surface area (TPSA) is 51.6 Å². The minimum absolute atomic E-state index is 0.752. The number of benzene rings is 1. The van der Waals surface area contributed by atoms with E-state index in [0.29, 0.717) is 0 Å². The van der Waals surface area contributed by atoms with Gasteiger partial charge in [0.05, 0.1) is 11.4 Å². The lowest BCUT2D eigenvalue weighted by Gasteiger charge is -2.08. The molecule has 0 saturated heterocycles. The van der Waals surface area contributed by atoms with Crippen molar-refractivity contribution in [3.05, 3.63) is 85.2 Å². The second-order valence-corrected chi connectivity index (χ2v) is 5.73. The van der Waals surface area contributed by atoms with Crippen molar-refractivity contribution in [3.8, 4) is 33.6 Å². The summed E-state index contributed by atoms with van der Waals surface area (Å²) in [5.74, 6) is 0.752. The zero-order chi connectivity index (χ0) is 17.1. The third-order valence-corrected chi connectivity index (χ3v) is 4.01. The van der Waals surface area contributed by atoms with Crippen LogP contribution in [0.3, 0.4) is 0 Å². The highest BCUT2D eigenvalue weighted by Gasteiger charge is 2.07. The predicted molar refractivity (Wildman–Crippen MR) is 98.7 cm³/mol. The van der Waals surface area contributed by atoms with Gasteiger partial charge in [0.15, 0.2) is 0 Å². The molecular formula is C21H16N4. The summed E-state index contributed by atoms with van der Waals surface area (Å²) in [6.07, 6.45) is 7.15. The van der Waals surface area contributed by atoms with Crippen molar-refractivity contribution in [3.63, 3.8) is 0 Å². The molecule has 1 aromatic carbocycles. The molecule has 4 aromatic rings. The second-order valence-electron chi connectivity index (χ2n) is 5.73. The molecule has 0 aliphatic heterocycles. The van der Waals surface area contributed by atoms with Crippen molar-refractivity contribution in [2.45, 2.75) is 6.92 Å². The third kappa shape index (κ3) is 3.28. The molecule has 0 aliphatic carbocycles. The van der Waals surface area contributed by atoms with Crippen LogP contribution >= 0.6 is 0 Å². The van der Waals surface area contributed by atoms with E-state index in [1.165, 1.54) is 0 Å². The molecule has 0 N–H and O–H groups in total. The van der Waals surface area contributed by atoms with Crippen LogP contribution in [0.5, 0.6) is 0 Å². The maximum absolute atomic E-state index is 4.60. The average Bonchev–Trinajstić information content (AvgIpc) is 2.69. The van der Waals surface area contributed by atoms with Crippen molar-refractivity contribution in [1.29, 1.82) is 0 Å². The maximum atomic E-state index is 4.60. The van der Waals surface area contributed by atoms with E-state index in [-0.39, 0.29) is 0 Å². The van der Waals surface area contributed by atoms with E-state index in [9.17, 15) is 0 Å². The third-order valence-electron chi connectivity index (χ3n) is 4.01. The maximum Gasteiger partial charge on any atom is 0.126 e. The van der Waals surface area contributed by atoms with Crippen molar-refractivity contribution < 1.29 is 0 Å². The van der Waals surface area contributed by atoms with Gasteiger partial charge in [-0.05, 0) is 48.4 Å². The van der Waals surface area contributed by atoms with Gasteiger partial charge in [0.25, 0.3) is 0 Å². The molecule has 0 spiro atoms. The molecule has 0 bridgehead atoms. The SMILES string of the molecule is Cc1nc(-c2ccncc2)cc(-c2ccc(-c3ccncc3)cc2)n1. The summed E-state index contributed by atoms with van der Waals surface area (Å²) in [6.45, 7) is 1.92. The number of hydrogen-bond donors (Lipinski definition) is 0. The van der Waals surface area contributed by atoms with E-state index in [1.807, 2.05) is 37.3 Å². The van der Waals surface area contributed by atoms with Gasteiger partial charge in [0, 0.05) is 35.9 Å². The molecular weight excluding hydrogens is 308 g/mol. The molecule has 0 radical (unpaired) electrons. The fourth-order valence-electron chi connectivity index (χ4n) is 2.76. The summed E-state index contributed by atoms with van der Waals surface area (Å²) in [4.78, 5) is 17.3. The molecule has 0 amide bonds. The highest BCUT2D eigenvalue weighted by molar-refractivity contribution is 5.71. The lowest BCUT2D eigenvalue weighted by Crippen LogP contribution is -1.94. The molecule has 4 heteroatoms. The van der Waals surface area contributed by atoms with Crippen LogP contribution < -0.4 is 0 Å². The van der Waals surface area contributed by atoms with Gasteiger partial charge in [-0.3, -0.25) is 9.97 Å². The van der Waals surface area contributed by atoms with Gasteiger partial charge in [0.2, 0.25) is 0 Å². The lowest BCUT2D eigenvalue weighted by atomic mass is 10.0. The number of rotatable bonds is 3. The van der Waals surface area contributed by atoms with Crippen molar-refractivity contribution in [1.82, 2.24) is 19.9 Å². The van der Waals surface area contributed by atoms with E-state index in [1.54, 1.807) is 24.8 Å². The highest BCUT2D eigenvalue weighted by atomic mass is 14.9. The van der Waals surface area contributed by atoms with E-state index in [4.69, 9.17) is 0 Å². The summed E-state index contributed by atoms with van der Waals surface area (Å²) < 4.78 is 0. The van der Waals surface area contributed by atoms with E-state index >= 15 is 0 Å². The van der Waals surface area contributed by atoms with Crippen LogP contribution in [0.25, 0.3) is 33.6 Å². The molecule has 0 unspecified atom stereocenters. The van der Waals surface area contributed by atoms with Gasteiger partial charge in [0.1, 0.15) is 5.82 Å². The van der Waals surface area contributed by atoms with Crippen LogP contribution in [-0.4, -0.2) is 19.9 Å². The Kier molecular flexibility index (Phi) is 4.01. The van der Waals surface area contributed by atoms with Gasteiger partial charge >= 0.3 is 0 Å². The fourth-order valence-corrected chi connectivity index (χ4v) is 2.76. The molecule has 3 aromatic heterocycles. The van der Waals surface area contributed by atoms with Crippen molar-refractivity contribution >= 4 is 0 Å². The summed E-state index contributed by atoms with van der Waals surface area (Å²) in [5.41, 5.74) is 6.24. The van der Waals surface area contributed by atoms with Crippen LogP contribution in [-0.2, 0) is 0 Å². The number of pyridine rings is 2. The van der Waals surface area contributed by atoms with Crippen molar-refractivity contribution in [2.75, 3.05) is 0 Å². The van der Waals surface area contributed by atoms with Crippen LogP contribution in [0.1, 0.15) is 5.82 Å². The summed E-state index contributed by atoms with van der Waals surface area (Å²) in [7, 11) is 0. The molecule has 25 heavy (non-hydrogen) atoms. The highest BCUT2D eigenvalue weighted by Crippen LogP contribution is 2.26. The average molecular weight is 324 g/mol. The number of nitrogens with zero attached hydrogens (tertiary/aromatic N) is 4. The second kappa shape index (κ2) is 6.61. The fraction of sp³-hybridized carbons (Fsp3) is 0.0476. The Bertz CT molecular complexity index is 981. The quantitative estimate of drug-likeness (QED) is 0.553. The summed E-state index contributed by atoms with van der Waals surface area (Å²) in [6, 6.07) is 18.3. The number of aryl methyl sites for hydroxylation is 1. The first kappa shape index (κ1) is 15.1. The first-order valence-corrected chi connectivity index (χ1v) is 8.06. The minimum Gasteiger partial charge on any atom is -0.265 e. The number of hydrogen-bond acceptors (Lipinski definition) is 4. The first-order chi connectivity index (χ1) is 12.3. The van der Waals surface area contributed by atoms with Crippen LogP contribution in [0.2, 0.25) is 0 Å². The summed E-state index contributed by atoms with van der Waals surface area (Å²) in [5, 5.41) is 0. The Morgan fingerprint density at radius 2 is 0.920 bits per heavy atom. The lowest BCUT2D eigenvalue weighted by molar-refractivity contribution is 1.06. The predicted octanol–water partition coefficient (Wildman–Crippen LogP) is 4.58. The van der Waals surface area contributed by atoms with Gasteiger partial charge in [-0.15, -0.1) is 0 Å². The zero-order valence-corrected chi connectivity index (χ0v) is 13.8. The van der Waals surface area contributed by atoms with E-state index in [0.717, 1.165) is 39.5 Å². The van der Waals surface area contributed by atoms with Crippen LogP contribution in [0.4, 0.5) is 0 Å². The van der Waals surface area contributed by atoms with Crippen molar-refractivity contribution in [2.24, 2.45) is 0 Å². The molecule has 0 atom stereocenters.